The number of aromatic nitrogens is 1. The van der Waals surface area contributed by atoms with Crippen LogP contribution in [-0.4, -0.2) is 11.5 Å². The van der Waals surface area contributed by atoms with Crippen LogP contribution in [0.5, 0.6) is 0 Å². The Morgan fingerprint density at radius 3 is 2.89 bits per heavy atom. The lowest BCUT2D eigenvalue weighted by atomic mass is 10.1. The number of hydrogen-bond donors (Lipinski definition) is 1. The maximum Gasteiger partial charge on any atom is 0.150 e. The van der Waals surface area contributed by atoms with Crippen LogP contribution in [0.2, 0.25) is 5.02 Å². The van der Waals surface area contributed by atoms with Crippen molar-refractivity contribution in [2.75, 3.05) is 6.54 Å². The summed E-state index contributed by atoms with van der Waals surface area (Å²) in [6.45, 7) is 3.62. The average Bonchev–Trinajstić information content (AvgIpc) is 2.43. The molecule has 1 heterocycles. The van der Waals surface area contributed by atoms with Crippen molar-refractivity contribution in [1.29, 1.82) is 0 Å². The van der Waals surface area contributed by atoms with E-state index in [1.54, 1.807) is 24.5 Å². The molecule has 0 saturated carbocycles. The molecule has 0 aliphatic rings. The molecule has 0 spiro atoms. The fourth-order valence-electron chi connectivity index (χ4n) is 1.75. The summed E-state index contributed by atoms with van der Waals surface area (Å²) in [4.78, 5) is 4.15. The van der Waals surface area contributed by atoms with Gasteiger partial charge in [-0.25, -0.2) is 4.39 Å². The van der Waals surface area contributed by atoms with Crippen LogP contribution in [0, 0.1) is 5.82 Å². The van der Waals surface area contributed by atoms with E-state index in [0.717, 1.165) is 17.7 Å². The van der Waals surface area contributed by atoms with Gasteiger partial charge in [-0.05, 0) is 40.2 Å². The van der Waals surface area contributed by atoms with Gasteiger partial charge in [0.25, 0.3) is 0 Å². The van der Waals surface area contributed by atoms with Crippen LogP contribution < -0.4 is 5.32 Å². The van der Waals surface area contributed by atoms with E-state index in [0.29, 0.717) is 16.6 Å². The second-order valence-electron chi connectivity index (χ2n) is 4.09. The summed E-state index contributed by atoms with van der Waals surface area (Å²) in [6, 6.07) is 5.34. The Morgan fingerprint density at radius 2 is 2.16 bits per heavy atom. The van der Waals surface area contributed by atoms with E-state index in [2.05, 4.69) is 26.2 Å². The summed E-state index contributed by atoms with van der Waals surface area (Å²) in [5, 5.41) is 3.30. The highest BCUT2D eigenvalue weighted by atomic mass is 79.9. The molecule has 0 amide bonds. The molecule has 0 radical (unpaired) electrons. The van der Waals surface area contributed by atoms with Crippen molar-refractivity contribution in [2.24, 2.45) is 0 Å². The summed E-state index contributed by atoms with van der Waals surface area (Å²) in [5.74, 6) is -0.432. The Bertz CT molecular complexity index is 590. The van der Waals surface area contributed by atoms with Gasteiger partial charge in [-0.2, -0.15) is 0 Å². The first-order chi connectivity index (χ1) is 9.13. The zero-order chi connectivity index (χ0) is 13.8. The monoisotopic (exact) mass is 342 g/mol. The third-order valence-electron chi connectivity index (χ3n) is 2.72. The number of rotatable bonds is 4. The summed E-state index contributed by atoms with van der Waals surface area (Å²) in [7, 11) is 0. The lowest BCUT2D eigenvalue weighted by molar-refractivity contribution is 0.630. The molecule has 5 heteroatoms. The number of nitrogens with zero attached hydrogens (tertiary/aromatic N) is 1. The smallest absolute Gasteiger partial charge is 0.150 e. The molecule has 2 nitrogen and oxygen atoms in total. The molecule has 19 heavy (non-hydrogen) atoms. The summed E-state index contributed by atoms with van der Waals surface area (Å²) < 4.78 is 14.7. The topological polar surface area (TPSA) is 24.9 Å². The number of pyridine rings is 1. The lowest BCUT2D eigenvalue weighted by Crippen LogP contribution is -2.11. The molecule has 1 N–H and O–H groups in total. The maximum absolute atomic E-state index is 14.1. The van der Waals surface area contributed by atoms with E-state index in [-0.39, 0.29) is 5.02 Å². The van der Waals surface area contributed by atoms with Crippen molar-refractivity contribution in [3.8, 4) is 11.1 Å². The molecular formula is C14H13BrClFN2. The Balaban J connectivity index is 2.39. The molecule has 0 unspecified atom stereocenters. The van der Waals surface area contributed by atoms with Crippen molar-refractivity contribution in [1.82, 2.24) is 10.3 Å². The molecule has 1 aromatic heterocycles. The van der Waals surface area contributed by atoms with Crippen LogP contribution in [0.4, 0.5) is 4.39 Å². The van der Waals surface area contributed by atoms with E-state index in [9.17, 15) is 4.39 Å². The van der Waals surface area contributed by atoms with Gasteiger partial charge < -0.3 is 5.32 Å². The highest BCUT2D eigenvalue weighted by Crippen LogP contribution is 2.32. The molecule has 0 aliphatic heterocycles. The number of hydrogen-bond acceptors (Lipinski definition) is 2. The maximum atomic E-state index is 14.1. The second-order valence-corrected chi connectivity index (χ2v) is 5.32. The Morgan fingerprint density at radius 1 is 1.37 bits per heavy atom. The summed E-state index contributed by atoms with van der Waals surface area (Å²) >= 11 is 9.11. The standard InChI is InChI=1S/C14H13BrClFN2/c1-2-18-6-9-5-10(8-19-7-9)11-3-4-12(15)13(16)14(11)17/h3-5,7-8,18H,2,6H2,1H3. The van der Waals surface area contributed by atoms with Crippen LogP contribution in [0.15, 0.2) is 35.1 Å². The van der Waals surface area contributed by atoms with Gasteiger partial charge in [0.05, 0.1) is 5.02 Å². The van der Waals surface area contributed by atoms with Gasteiger partial charge in [0.2, 0.25) is 0 Å². The van der Waals surface area contributed by atoms with Gasteiger partial charge in [0.1, 0.15) is 0 Å². The van der Waals surface area contributed by atoms with Gasteiger partial charge in [-0.1, -0.05) is 24.6 Å². The first-order valence-electron chi connectivity index (χ1n) is 5.92. The molecule has 0 aliphatic carbocycles. The van der Waals surface area contributed by atoms with Crippen LogP contribution in [0.25, 0.3) is 11.1 Å². The quantitative estimate of drug-likeness (QED) is 0.832. The second kappa shape index (κ2) is 6.46. The van der Waals surface area contributed by atoms with Gasteiger partial charge in [-0.15, -0.1) is 0 Å². The van der Waals surface area contributed by atoms with E-state index in [1.165, 1.54) is 0 Å². The van der Waals surface area contributed by atoms with Crippen molar-refractivity contribution >= 4 is 27.5 Å². The van der Waals surface area contributed by atoms with Crippen molar-refractivity contribution < 1.29 is 4.39 Å². The van der Waals surface area contributed by atoms with E-state index >= 15 is 0 Å². The molecule has 1 aromatic carbocycles. The predicted molar refractivity (Wildman–Crippen MR) is 79.7 cm³/mol. The van der Waals surface area contributed by atoms with Crippen molar-refractivity contribution in [3.05, 3.63) is 51.5 Å². The highest BCUT2D eigenvalue weighted by Gasteiger charge is 2.12. The van der Waals surface area contributed by atoms with Crippen LogP contribution >= 0.6 is 27.5 Å². The predicted octanol–water partition coefficient (Wildman–Crippen LogP) is 4.41. The van der Waals surface area contributed by atoms with Gasteiger partial charge in [0.15, 0.2) is 5.82 Å². The molecule has 2 aromatic rings. The zero-order valence-corrected chi connectivity index (χ0v) is 12.7. The number of halogens is 3. The molecule has 0 bridgehead atoms. The van der Waals surface area contributed by atoms with Crippen LogP contribution in [-0.2, 0) is 6.54 Å². The van der Waals surface area contributed by atoms with Crippen molar-refractivity contribution in [3.63, 3.8) is 0 Å². The molecule has 0 saturated heterocycles. The van der Waals surface area contributed by atoms with Gasteiger partial charge in [-0.3, -0.25) is 4.98 Å². The fraction of sp³-hybridized carbons (Fsp3) is 0.214. The minimum atomic E-state index is -0.432. The normalized spacial score (nSPS) is 10.7. The average molecular weight is 344 g/mol. The number of nitrogens with one attached hydrogen (secondary N) is 1. The Kier molecular flexibility index (Phi) is 4.91. The first kappa shape index (κ1) is 14.4. The summed E-state index contributed by atoms with van der Waals surface area (Å²) in [5.41, 5.74) is 2.19. The minimum absolute atomic E-state index is 0.0922. The molecule has 0 fully saturated rings. The lowest BCUT2D eigenvalue weighted by Gasteiger charge is -2.08. The van der Waals surface area contributed by atoms with Crippen molar-refractivity contribution in [2.45, 2.75) is 13.5 Å². The third-order valence-corrected chi connectivity index (χ3v) is 3.98. The molecule has 2 rings (SSSR count). The van der Waals surface area contributed by atoms with E-state index in [4.69, 9.17) is 11.6 Å². The Hall–Kier alpha value is -0.970. The first-order valence-corrected chi connectivity index (χ1v) is 7.09. The summed E-state index contributed by atoms with van der Waals surface area (Å²) in [6.07, 6.45) is 3.41. The van der Waals surface area contributed by atoms with Crippen LogP contribution in [0.3, 0.4) is 0 Å². The zero-order valence-electron chi connectivity index (χ0n) is 10.4. The molecule has 0 atom stereocenters. The van der Waals surface area contributed by atoms with E-state index in [1.807, 2.05) is 13.0 Å². The number of benzene rings is 1. The SMILES string of the molecule is CCNCc1cncc(-c2ccc(Br)c(Cl)c2F)c1. The fourth-order valence-corrected chi connectivity index (χ4v) is 2.22. The largest absolute Gasteiger partial charge is 0.313 e. The third kappa shape index (κ3) is 3.32. The molecule has 100 valence electrons. The van der Waals surface area contributed by atoms with E-state index < -0.39 is 5.82 Å². The molecular weight excluding hydrogens is 331 g/mol. The highest BCUT2D eigenvalue weighted by molar-refractivity contribution is 9.10. The van der Waals surface area contributed by atoms with Gasteiger partial charge in [0, 0.05) is 34.5 Å². The van der Waals surface area contributed by atoms with Crippen LogP contribution in [0.1, 0.15) is 12.5 Å². The Labute approximate surface area is 125 Å². The minimum Gasteiger partial charge on any atom is -0.313 e. The van der Waals surface area contributed by atoms with Gasteiger partial charge >= 0.3 is 0 Å².